The number of guanidine groups is 1. The molecule has 1 unspecified atom stereocenters. The van der Waals surface area contributed by atoms with Crippen LogP contribution in [-0.4, -0.2) is 65.3 Å². The third kappa shape index (κ3) is 6.33. The minimum Gasteiger partial charge on any atom is -0.357 e. The number of carbonyl (C=O) groups is 2. The molecule has 3 N–H and O–H groups in total. The fraction of sp³-hybridized carbons (Fsp3) is 0.368. The number of imide groups is 1. The van der Waals surface area contributed by atoms with Gasteiger partial charge in [-0.2, -0.15) is 5.10 Å². The first-order valence-electron chi connectivity index (χ1n) is 9.43. The summed E-state index contributed by atoms with van der Waals surface area (Å²) in [7, 11) is 0. The van der Waals surface area contributed by atoms with Gasteiger partial charge in [-0.1, -0.05) is 23.7 Å². The molecule has 1 saturated heterocycles. The van der Waals surface area contributed by atoms with Crippen molar-refractivity contribution in [2.75, 3.05) is 32.7 Å². The molecule has 0 saturated carbocycles. The van der Waals surface area contributed by atoms with Crippen LogP contribution in [0.15, 0.2) is 47.7 Å². The van der Waals surface area contributed by atoms with Gasteiger partial charge in [-0.15, -0.1) is 24.0 Å². The van der Waals surface area contributed by atoms with E-state index in [0.29, 0.717) is 30.6 Å². The molecule has 2 heterocycles. The highest BCUT2D eigenvalue weighted by molar-refractivity contribution is 14.0. The number of urea groups is 1. The van der Waals surface area contributed by atoms with Gasteiger partial charge in [0, 0.05) is 37.1 Å². The van der Waals surface area contributed by atoms with E-state index in [2.05, 4.69) is 26.0 Å². The highest BCUT2D eigenvalue weighted by atomic mass is 127. The van der Waals surface area contributed by atoms with E-state index in [4.69, 9.17) is 11.6 Å². The predicted molar refractivity (Wildman–Crippen MR) is 126 cm³/mol. The molecule has 0 spiro atoms. The van der Waals surface area contributed by atoms with Crippen molar-refractivity contribution in [2.45, 2.75) is 13.0 Å². The van der Waals surface area contributed by atoms with Gasteiger partial charge in [0.05, 0.1) is 19.1 Å². The number of rotatable bonds is 8. The predicted octanol–water partition coefficient (Wildman–Crippen LogP) is 1.85. The molecule has 11 heteroatoms. The van der Waals surface area contributed by atoms with E-state index in [1.165, 1.54) is 4.90 Å². The van der Waals surface area contributed by atoms with E-state index in [1.807, 2.05) is 48.1 Å². The van der Waals surface area contributed by atoms with Crippen molar-refractivity contribution in [3.05, 3.63) is 53.3 Å². The molecule has 1 fully saturated rings. The lowest BCUT2D eigenvalue weighted by atomic mass is 10.1. The monoisotopic (exact) mass is 545 g/mol. The molecule has 0 radical (unpaired) electrons. The topological polar surface area (TPSA) is 104 Å². The summed E-state index contributed by atoms with van der Waals surface area (Å²) >= 11 is 6.02. The van der Waals surface area contributed by atoms with Crippen LogP contribution in [0.5, 0.6) is 0 Å². The quantitative estimate of drug-likeness (QED) is 0.203. The zero-order chi connectivity index (χ0) is 20.6. The number of carbonyl (C=O) groups excluding carboxylic acids is 2. The van der Waals surface area contributed by atoms with Crippen molar-refractivity contribution in [1.82, 2.24) is 30.6 Å². The average molecular weight is 546 g/mol. The summed E-state index contributed by atoms with van der Waals surface area (Å²) in [6.45, 7) is 3.83. The molecule has 1 aliphatic rings. The molecule has 1 aromatic heterocycles. The number of aromatic nitrogens is 2. The SMILES string of the molecule is CCNC(=NCC(c1ccc(Cl)cc1)n1cccn1)NCCN1C(=O)CNC1=O.I. The minimum absolute atomic E-state index is 0. The standard InChI is InChI=1S/C19H24ClN7O2.HI/c1-2-21-18(22-9-11-26-17(28)13-24-19(26)29)23-12-16(27-10-3-8-25-27)14-4-6-15(20)7-5-14;/h3-8,10,16H,2,9,11-13H2,1H3,(H,24,29)(H2,21,22,23);1H. The lowest BCUT2D eigenvalue weighted by Crippen LogP contribution is -2.43. The second-order valence-corrected chi connectivity index (χ2v) is 6.84. The molecular weight excluding hydrogens is 521 g/mol. The van der Waals surface area contributed by atoms with E-state index >= 15 is 0 Å². The van der Waals surface area contributed by atoms with E-state index in [9.17, 15) is 9.59 Å². The van der Waals surface area contributed by atoms with E-state index in [-0.39, 0.29) is 55.0 Å². The molecule has 1 aromatic carbocycles. The molecular formula is C19H25ClIN7O2. The molecule has 3 rings (SSSR count). The van der Waals surface area contributed by atoms with Crippen LogP contribution in [-0.2, 0) is 4.79 Å². The van der Waals surface area contributed by atoms with Crippen LogP contribution in [0, 0.1) is 0 Å². The molecule has 0 aliphatic carbocycles. The summed E-state index contributed by atoms with van der Waals surface area (Å²) in [4.78, 5) is 29.1. The van der Waals surface area contributed by atoms with Gasteiger partial charge < -0.3 is 16.0 Å². The van der Waals surface area contributed by atoms with Crippen LogP contribution in [0.2, 0.25) is 5.02 Å². The van der Waals surface area contributed by atoms with Crippen LogP contribution in [0.3, 0.4) is 0 Å². The maximum absolute atomic E-state index is 11.7. The normalized spacial score (nSPS) is 14.9. The molecule has 1 aliphatic heterocycles. The number of nitrogens with one attached hydrogen (secondary N) is 3. The zero-order valence-corrected chi connectivity index (χ0v) is 19.6. The highest BCUT2D eigenvalue weighted by Crippen LogP contribution is 2.20. The Kier molecular flexibility index (Phi) is 9.37. The number of hydrogen-bond acceptors (Lipinski definition) is 4. The molecule has 1 atom stereocenters. The van der Waals surface area contributed by atoms with Crippen molar-refractivity contribution in [1.29, 1.82) is 0 Å². The van der Waals surface area contributed by atoms with Crippen molar-refractivity contribution in [2.24, 2.45) is 4.99 Å². The summed E-state index contributed by atoms with van der Waals surface area (Å²) in [5, 5.41) is 13.9. The van der Waals surface area contributed by atoms with Gasteiger partial charge in [-0.05, 0) is 30.7 Å². The number of nitrogens with zero attached hydrogens (tertiary/aromatic N) is 4. The summed E-state index contributed by atoms with van der Waals surface area (Å²) in [6, 6.07) is 9.03. The van der Waals surface area contributed by atoms with Gasteiger partial charge >= 0.3 is 6.03 Å². The third-order valence-electron chi connectivity index (χ3n) is 4.43. The molecule has 9 nitrogen and oxygen atoms in total. The minimum atomic E-state index is -0.361. The number of benzene rings is 1. The van der Waals surface area contributed by atoms with Gasteiger partial charge in [-0.3, -0.25) is 19.4 Å². The molecule has 30 heavy (non-hydrogen) atoms. The van der Waals surface area contributed by atoms with Gasteiger partial charge in [0.1, 0.15) is 0 Å². The summed E-state index contributed by atoms with van der Waals surface area (Å²) in [5.74, 6) is 0.380. The van der Waals surface area contributed by atoms with Gasteiger partial charge in [-0.25, -0.2) is 4.79 Å². The molecule has 162 valence electrons. The van der Waals surface area contributed by atoms with Crippen LogP contribution in [0.4, 0.5) is 4.79 Å². The summed E-state index contributed by atoms with van der Waals surface area (Å²) in [5.41, 5.74) is 1.04. The van der Waals surface area contributed by atoms with E-state index in [0.717, 1.165) is 5.56 Å². The number of amides is 3. The Morgan fingerprint density at radius 3 is 2.67 bits per heavy atom. The van der Waals surface area contributed by atoms with Crippen LogP contribution in [0.1, 0.15) is 18.5 Å². The largest absolute Gasteiger partial charge is 0.357 e. The maximum atomic E-state index is 11.7. The Morgan fingerprint density at radius 2 is 2.07 bits per heavy atom. The highest BCUT2D eigenvalue weighted by Gasteiger charge is 2.27. The van der Waals surface area contributed by atoms with Crippen molar-refractivity contribution in [3.63, 3.8) is 0 Å². The maximum Gasteiger partial charge on any atom is 0.324 e. The Labute approximate surface area is 197 Å². The van der Waals surface area contributed by atoms with Gasteiger partial charge in [0.15, 0.2) is 5.96 Å². The fourth-order valence-electron chi connectivity index (χ4n) is 2.98. The van der Waals surface area contributed by atoms with Crippen LogP contribution < -0.4 is 16.0 Å². The number of halogens is 2. The first-order chi connectivity index (χ1) is 14.1. The lowest BCUT2D eigenvalue weighted by Gasteiger charge is -2.19. The zero-order valence-electron chi connectivity index (χ0n) is 16.5. The number of hydrogen-bond donors (Lipinski definition) is 3. The van der Waals surface area contributed by atoms with Crippen molar-refractivity contribution < 1.29 is 9.59 Å². The van der Waals surface area contributed by atoms with E-state index < -0.39 is 0 Å². The van der Waals surface area contributed by atoms with Gasteiger partial charge in [0.25, 0.3) is 0 Å². The van der Waals surface area contributed by atoms with E-state index in [1.54, 1.807) is 6.20 Å². The Balaban J connectivity index is 0.00000320. The first kappa shape index (κ1) is 23.9. The van der Waals surface area contributed by atoms with Gasteiger partial charge in [0.2, 0.25) is 5.91 Å². The fourth-order valence-corrected chi connectivity index (χ4v) is 3.10. The Bertz CT molecular complexity index is 842. The van der Waals surface area contributed by atoms with Crippen molar-refractivity contribution >= 4 is 53.5 Å². The van der Waals surface area contributed by atoms with Crippen molar-refractivity contribution in [3.8, 4) is 0 Å². The molecule has 2 aromatic rings. The third-order valence-corrected chi connectivity index (χ3v) is 4.68. The average Bonchev–Trinajstić information content (AvgIpc) is 3.35. The Morgan fingerprint density at radius 1 is 1.30 bits per heavy atom. The second kappa shape index (κ2) is 11.7. The smallest absolute Gasteiger partial charge is 0.324 e. The molecule has 3 amide bonds. The second-order valence-electron chi connectivity index (χ2n) is 6.40. The van der Waals surface area contributed by atoms with Crippen LogP contribution >= 0.6 is 35.6 Å². The lowest BCUT2D eigenvalue weighted by molar-refractivity contribution is -0.124. The first-order valence-corrected chi connectivity index (χ1v) is 9.81. The Hall–Kier alpha value is -2.34. The number of aliphatic imine (C=N–C) groups is 1. The molecule has 0 bridgehead atoms. The summed E-state index contributed by atoms with van der Waals surface area (Å²) in [6.07, 6.45) is 3.63. The van der Waals surface area contributed by atoms with Crippen LogP contribution in [0.25, 0.3) is 0 Å². The summed E-state index contributed by atoms with van der Waals surface area (Å²) < 4.78 is 1.85.